The summed E-state index contributed by atoms with van der Waals surface area (Å²) in [5.41, 5.74) is 1.72. The summed E-state index contributed by atoms with van der Waals surface area (Å²) in [7, 11) is -5.95. The van der Waals surface area contributed by atoms with E-state index in [-0.39, 0.29) is 30.8 Å². The Balaban J connectivity index is 1.75. The van der Waals surface area contributed by atoms with Gasteiger partial charge in [-0.25, -0.2) is 16.8 Å². The molecule has 0 aliphatic carbocycles. The summed E-state index contributed by atoms with van der Waals surface area (Å²) in [6.07, 6.45) is 0.355. The Morgan fingerprint density at radius 2 is 1.59 bits per heavy atom. The summed E-state index contributed by atoms with van der Waals surface area (Å²) < 4.78 is 52.2. The van der Waals surface area contributed by atoms with Crippen LogP contribution in [0.2, 0.25) is 0 Å². The van der Waals surface area contributed by atoms with Gasteiger partial charge < -0.3 is 5.32 Å². The van der Waals surface area contributed by atoms with E-state index in [4.69, 9.17) is 0 Å². The second kappa shape index (κ2) is 8.64. The molecular formula is C20H24N2O5S2. The van der Waals surface area contributed by atoms with Crippen LogP contribution in [0, 0.1) is 0 Å². The van der Waals surface area contributed by atoms with E-state index in [0.717, 1.165) is 11.1 Å². The molecule has 9 heteroatoms. The van der Waals surface area contributed by atoms with E-state index < -0.39 is 36.8 Å². The van der Waals surface area contributed by atoms with E-state index in [1.807, 2.05) is 36.4 Å². The minimum absolute atomic E-state index is 0.107. The lowest BCUT2D eigenvalue weighted by Crippen LogP contribution is -2.44. The third-order valence-corrected chi connectivity index (χ3v) is 9.15. The first-order valence-electron chi connectivity index (χ1n) is 9.32. The molecule has 0 aromatic heterocycles. The van der Waals surface area contributed by atoms with Crippen molar-refractivity contribution in [2.75, 3.05) is 25.9 Å². The first kappa shape index (κ1) is 21.5. The highest BCUT2D eigenvalue weighted by atomic mass is 32.2. The number of nitrogens with zero attached hydrogens (tertiary/aromatic N) is 1. The van der Waals surface area contributed by atoms with Crippen molar-refractivity contribution in [1.29, 1.82) is 0 Å². The van der Waals surface area contributed by atoms with Crippen molar-refractivity contribution in [3.8, 4) is 11.1 Å². The van der Waals surface area contributed by atoms with Crippen LogP contribution in [0.5, 0.6) is 0 Å². The summed E-state index contributed by atoms with van der Waals surface area (Å²) in [5.74, 6) is -1.13. The quantitative estimate of drug-likeness (QED) is 0.742. The van der Waals surface area contributed by atoms with Crippen molar-refractivity contribution < 1.29 is 21.6 Å². The van der Waals surface area contributed by atoms with Crippen molar-refractivity contribution in [3.63, 3.8) is 0 Å². The first-order chi connectivity index (χ1) is 13.7. The topological polar surface area (TPSA) is 101 Å². The van der Waals surface area contributed by atoms with Crippen LogP contribution >= 0.6 is 0 Å². The lowest BCUT2D eigenvalue weighted by Gasteiger charge is -2.31. The summed E-state index contributed by atoms with van der Waals surface area (Å²) in [6.45, 7) is 0.213. The van der Waals surface area contributed by atoms with Crippen LogP contribution < -0.4 is 5.32 Å². The number of sulfonamides is 1. The van der Waals surface area contributed by atoms with Crippen LogP contribution in [-0.2, 0) is 24.7 Å². The van der Waals surface area contributed by atoms with Gasteiger partial charge in [-0.1, -0.05) is 42.5 Å². The highest BCUT2D eigenvalue weighted by molar-refractivity contribution is 7.92. The predicted octanol–water partition coefficient (Wildman–Crippen LogP) is 1.67. The predicted molar refractivity (Wildman–Crippen MR) is 112 cm³/mol. The van der Waals surface area contributed by atoms with Crippen molar-refractivity contribution in [2.45, 2.75) is 23.0 Å². The summed E-state index contributed by atoms with van der Waals surface area (Å²) in [6, 6.07) is 16.2. The molecule has 0 saturated carbocycles. The van der Waals surface area contributed by atoms with Gasteiger partial charge in [-0.3, -0.25) is 4.79 Å². The van der Waals surface area contributed by atoms with Crippen LogP contribution in [0.4, 0.5) is 0 Å². The second-order valence-electron chi connectivity index (χ2n) is 6.98. The van der Waals surface area contributed by atoms with Gasteiger partial charge in [0.25, 0.3) is 0 Å². The number of benzene rings is 2. The monoisotopic (exact) mass is 436 g/mol. The summed E-state index contributed by atoms with van der Waals surface area (Å²) in [4.78, 5) is 11.6. The van der Waals surface area contributed by atoms with E-state index >= 15 is 0 Å². The molecule has 0 unspecified atom stereocenters. The zero-order valence-corrected chi connectivity index (χ0v) is 17.7. The molecule has 156 valence electrons. The van der Waals surface area contributed by atoms with Crippen LogP contribution in [0.15, 0.2) is 59.5 Å². The Kier molecular flexibility index (Phi) is 6.40. The van der Waals surface area contributed by atoms with Gasteiger partial charge >= 0.3 is 0 Å². The van der Waals surface area contributed by atoms with Crippen molar-refractivity contribution in [3.05, 3.63) is 54.6 Å². The number of carbonyl (C=O) groups is 1. The third kappa shape index (κ3) is 4.85. The third-order valence-electron chi connectivity index (χ3n) is 5.10. The summed E-state index contributed by atoms with van der Waals surface area (Å²) in [5, 5.41) is 1.60. The Morgan fingerprint density at radius 3 is 2.21 bits per heavy atom. The smallest absolute Gasteiger partial charge is 0.243 e. The van der Waals surface area contributed by atoms with Crippen molar-refractivity contribution in [1.82, 2.24) is 9.62 Å². The highest BCUT2D eigenvalue weighted by Crippen LogP contribution is 2.27. The molecule has 29 heavy (non-hydrogen) atoms. The van der Waals surface area contributed by atoms with E-state index in [1.165, 1.54) is 11.4 Å². The number of nitrogens with one attached hydrogen (secondary N) is 1. The normalized spacial score (nSPS) is 16.4. The molecule has 1 aliphatic heterocycles. The van der Waals surface area contributed by atoms with Crippen LogP contribution in [0.1, 0.15) is 12.8 Å². The minimum Gasteiger partial charge on any atom is -0.358 e. The molecular weight excluding hydrogens is 412 g/mol. The van der Waals surface area contributed by atoms with Gasteiger partial charge in [-0.05, 0) is 36.1 Å². The minimum atomic E-state index is -3.73. The van der Waals surface area contributed by atoms with E-state index in [2.05, 4.69) is 5.32 Å². The fraction of sp³-hybridized carbons (Fsp3) is 0.350. The average Bonchev–Trinajstić information content (AvgIpc) is 2.74. The molecule has 0 atom stereocenters. The average molecular weight is 437 g/mol. The maximum Gasteiger partial charge on any atom is 0.243 e. The van der Waals surface area contributed by atoms with Crippen molar-refractivity contribution in [2.24, 2.45) is 0 Å². The lowest BCUT2D eigenvalue weighted by atomic mass is 10.1. The zero-order chi connectivity index (χ0) is 21.1. The molecule has 1 amide bonds. The largest absolute Gasteiger partial charge is 0.358 e. The molecule has 1 aliphatic rings. The lowest BCUT2D eigenvalue weighted by molar-refractivity contribution is -0.118. The van der Waals surface area contributed by atoms with Gasteiger partial charge in [-0.2, -0.15) is 4.31 Å². The fourth-order valence-corrected chi connectivity index (χ4v) is 6.61. The van der Waals surface area contributed by atoms with E-state index in [0.29, 0.717) is 0 Å². The van der Waals surface area contributed by atoms with Gasteiger partial charge in [-0.15, -0.1) is 0 Å². The molecule has 7 nitrogen and oxygen atoms in total. The fourth-order valence-electron chi connectivity index (χ4n) is 3.42. The number of sulfone groups is 1. The standard InChI is InChI=1S/C20H24N2O5S2/c1-21-20(23)15-28(24,25)18-10-12-22(13-11-18)29(26,27)19-9-5-8-17(14-19)16-6-3-2-4-7-16/h2-9,14,18H,10-13,15H2,1H3,(H,21,23). The zero-order valence-electron chi connectivity index (χ0n) is 16.1. The number of carbonyl (C=O) groups excluding carboxylic acids is 1. The molecule has 1 N–H and O–H groups in total. The van der Waals surface area contributed by atoms with Crippen molar-refractivity contribution >= 4 is 25.8 Å². The Hall–Kier alpha value is -2.23. The Labute approximate surface area is 171 Å². The highest BCUT2D eigenvalue weighted by Gasteiger charge is 2.35. The van der Waals surface area contributed by atoms with E-state index in [1.54, 1.807) is 18.2 Å². The molecule has 2 aromatic carbocycles. The molecule has 0 spiro atoms. The van der Waals surface area contributed by atoms with Gasteiger partial charge in [0, 0.05) is 20.1 Å². The molecule has 1 heterocycles. The number of rotatable bonds is 6. The molecule has 0 bridgehead atoms. The van der Waals surface area contributed by atoms with Gasteiger partial charge in [0.1, 0.15) is 5.75 Å². The second-order valence-corrected chi connectivity index (χ2v) is 11.2. The van der Waals surface area contributed by atoms with Crippen LogP contribution in [0.3, 0.4) is 0 Å². The molecule has 3 rings (SSSR count). The molecule has 1 fully saturated rings. The van der Waals surface area contributed by atoms with E-state index in [9.17, 15) is 21.6 Å². The summed E-state index contributed by atoms with van der Waals surface area (Å²) >= 11 is 0. The maximum atomic E-state index is 13.1. The number of amides is 1. The first-order valence-corrected chi connectivity index (χ1v) is 12.5. The Morgan fingerprint density at radius 1 is 0.966 bits per heavy atom. The van der Waals surface area contributed by atoms with Gasteiger partial charge in [0.2, 0.25) is 15.9 Å². The molecule has 1 saturated heterocycles. The molecule has 0 radical (unpaired) electrons. The van der Waals surface area contributed by atoms with Crippen LogP contribution in [0.25, 0.3) is 11.1 Å². The molecule has 2 aromatic rings. The SMILES string of the molecule is CNC(=O)CS(=O)(=O)C1CCN(S(=O)(=O)c2cccc(-c3ccccc3)c2)CC1. The number of piperidine rings is 1. The maximum absolute atomic E-state index is 13.1. The van der Waals surface area contributed by atoms with Crippen LogP contribution in [-0.4, -0.2) is 58.2 Å². The van der Waals surface area contributed by atoms with Gasteiger partial charge in [0.15, 0.2) is 9.84 Å². The van der Waals surface area contributed by atoms with Gasteiger partial charge in [0.05, 0.1) is 10.1 Å². The number of hydrogen-bond donors (Lipinski definition) is 1. The number of hydrogen-bond acceptors (Lipinski definition) is 5. The Bertz CT molecular complexity index is 1070.